The van der Waals surface area contributed by atoms with Crippen LogP contribution in [0.3, 0.4) is 0 Å². The van der Waals surface area contributed by atoms with E-state index >= 15 is 0 Å². The predicted molar refractivity (Wildman–Crippen MR) is 100 cm³/mol. The monoisotopic (exact) mass is 412 g/mol. The molecule has 0 atom stereocenters. The Morgan fingerprint density at radius 1 is 0.778 bits per heavy atom. The Kier molecular flexibility index (Phi) is 6.75. The molecule has 27 heavy (non-hydrogen) atoms. The van der Waals surface area contributed by atoms with Gasteiger partial charge < -0.3 is 15.7 Å². The van der Waals surface area contributed by atoms with Crippen LogP contribution in [-0.2, 0) is 25.7 Å². The summed E-state index contributed by atoms with van der Waals surface area (Å²) in [4.78, 5) is 29.5. The molecule has 144 valence electrons. The third-order valence-corrected chi connectivity index (χ3v) is 5.05. The summed E-state index contributed by atoms with van der Waals surface area (Å²) >= 11 is 11.4. The van der Waals surface area contributed by atoms with Crippen LogP contribution in [0.25, 0.3) is 0 Å². The normalized spacial score (nSPS) is 13.7. The zero-order valence-corrected chi connectivity index (χ0v) is 15.8. The lowest BCUT2D eigenvalue weighted by atomic mass is 10.1. The Morgan fingerprint density at radius 3 is 1.48 bits per heavy atom. The number of aryl methyl sites for hydroxylation is 4. The molecule has 2 aromatic rings. The topological polar surface area (TPSA) is 132 Å². The van der Waals surface area contributed by atoms with Gasteiger partial charge in [0.25, 0.3) is 0 Å². The van der Waals surface area contributed by atoms with Crippen molar-refractivity contribution in [1.29, 1.82) is 0 Å². The van der Waals surface area contributed by atoms with Gasteiger partial charge in [-0.25, -0.2) is 19.6 Å². The van der Waals surface area contributed by atoms with Crippen molar-refractivity contribution in [3.05, 3.63) is 56.1 Å². The molecular formula is C18H18Cl2N2O5. The van der Waals surface area contributed by atoms with E-state index in [1.54, 1.807) is 12.1 Å². The molecule has 2 aromatic heterocycles. The highest BCUT2D eigenvalue weighted by Gasteiger charge is 2.19. The molecule has 9 heteroatoms. The fraction of sp³-hybridized carbons (Fsp3) is 0.333. The van der Waals surface area contributed by atoms with E-state index in [0.29, 0.717) is 0 Å². The van der Waals surface area contributed by atoms with Gasteiger partial charge in [-0.15, -0.1) is 0 Å². The highest BCUT2D eigenvalue weighted by molar-refractivity contribution is 6.32. The molecule has 0 unspecified atom stereocenters. The second-order valence-corrected chi connectivity index (χ2v) is 6.90. The molecule has 0 aromatic carbocycles. The van der Waals surface area contributed by atoms with E-state index in [1.165, 1.54) is 0 Å². The van der Waals surface area contributed by atoms with Crippen molar-refractivity contribution in [2.75, 3.05) is 0 Å². The van der Waals surface area contributed by atoms with E-state index < -0.39 is 11.9 Å². The third-order valence-electron chi connectivity index (χ3n) is 4.47. The Labute approximate surface area is 165 Å². The van der Waals surface area contributed by atoms with Crippen LogP contribution < -0.4 is 0 Å². The minimum atomic E-state index is -1.01. The van der Waals surface area contributed by atoms with Gasteiger partial charge in [-0.2, -0.15) is 0 Å². The predicted octanol–water partition coefficient (Wildman–Crippen LogP) is 3.02. The van der Waals surface area contributed by atoms with Crippen LogP contribution in [0.5, 0.6) is 0 Å². The Hall–Kier alpha value is -2.22. The summed E-state index contributed by atoms with van der Waals surface area (Å²) < 4.78 is 0. The van der Waals surface area contributed by atoms with E-state index in [4.69, 9.17) is 33.4 Å². The minimum absolute atomic E-state index is 0. The van der Waals surface area contributed by atoms with Crippen LogP contribution in [0.2, 0.25) is 10.3 Å². The number of nitrogens with zero attached hydrogens (tertiary/aromatic N) is 2. The molecule has 2 aliphatic rings. The fourth-order valence-corrected chi connectivity index (χ4v) is 3.67. The number of pyridine rings is 2. The van der Waals surface area contributed by atoms with Gasteiger partial charge in [-0.1, -0.05) is 23.2 Å². The maximum atomic E-state index is 10.7. The second-order valence-electron chi connectivity index (χ2n) is 6.18. The summed E-state index contributed by atoms with van der Waals surface area (Å²) in [5.41, 5.74) is 4.19. The summed E-state index contributed by atoms with van der Waals surface area (Å²) in [5, 5.41) is 17.8. The summed E-state index contributed by atoms with van der Waals surface area (Å²) in [6.45, 7) is 0. The summed E-state index contributed by atoms with van der Waals surface area (Å²) in [6, 6.07) is 3.28. The van der Waals surface area contributed by atoms with Crippen LogP contribution >= 0.6 is 23.2 Å². The van der Waals surface area contributed by atoms with Crippen molar-refractivity contribution in [3.63, 3.8) is 0 Å². The zero-order valence-electron chi connectivity index (χ0n) is 14.3. The van der Waals surface area contributed by atoms with E-state index in [-0.39, 0.29) is 26.9 Å². The number of rotatable bonds is 2. The van der Waals surface area contributed by atoms with Crippen molar-refractivity contribution in [2.24, 2.45) is 0 Å². The number of carboxylic acid groups (broad SMARTS) is 2. The number of aromatic nitrogens is 2. The van der Waals surface area contributed by atoms with E-state index in [9.17, 15) is 9.59 Å². The Balaban J connectivity index is 0.000000187. The number of halogens is 2. The Morgan fingerprint density at radius 2 is 1.15 bits per heavy atom. The Bertz CT molecular complexity index is 828. The molecule has 7 nitrogen and oxygen atoms in total. The molecule has 2 heterocycles. The number of carbonyl (C=O) groups is 2. The molecule has 4 N–H and O–H groups in total. The van der Waals surface area contributed by atoms with Crippen molar-refractivity contribution < 1.29 is 25.3 Å². The zero-order chi connectivity index (χ0) is 18.8. The molecule has 2 aliphatic carbocycles. The molecule has 0 saturated carbocycles. The molecule has 0 saturated heterocycles. The number of hydrogen-bond acceptors (Lipinski definition) is 4. The molecule has 0 spiro atoms. The van der Waals surface area contributed by atoms with E-state index in [1.807, 2.05) is 0 Å². The molecule has 0 bridgehead atoms. The lowest BCUT2D eigenvalue weighted by Crippen LogP contribution is -2.02. The van der Waals surface area contributed by atoms with E-state index in [2.05, 4.69) is 9.97 Å². The largest absolute Gasteiger partial charge is 0.478 e. The van der Waals surface area contributed by atoms with Gasteiger partial charge in [0.2, 0.25) is 0 Å². The van der Waals surface area contributed by atoms with Gasteiger partial charge in [0.15, 0.2) is 0 Å². The molecular weight excluding hydrogens is 395 g/mol. The molecule has 0 amide bonds. The SMILES string of the molecule is O.O=C(O)c1cc2c(nc1Cl)CCC2.O=C(O)c1cc2c(nc1Cl)CCC2. The standard InChI is InChI=1S/2C9H8ClNO2.H2O/c2*10-8-6(9(12)13)4-5-2-1-3-7(5)11-8;/h2*4H,1-3H2,(H,12,13);1H2. The minimum Gasteiger partial charge on any atom is -0.478 e. The van der Waals surface area contributed by atoms with Crippen LogP contribution in [0.15, 0.2) is 12.1 Å². The average Bonchev–Trinajstić information content (AvgIpc) is 3.21. The van der Waals surface area contributed by atoms with Crippen molar-refractivity contribution >= 4 is 35.1 Å². The number of carboxylic acids is 2. The average molecular weight is 413 g/mol. The van der Waals surface area contributed by atoms with Crippen molar-refractivity contribution in [1.82, 2.24) is 9.97 Å². The molecule has 0 aliphatic heterocycles. The molecule has 0 fully saturated rings. The van der Waals surface area contributed by atoms with Gasteiger partial charge in [0, 0.05) is 11.4 Å². The van der Waals surface area contributed by atoms with Gasteiger partial charge >= 0.3 is 11.9 Å². The van der Waals surface area contributed by atoms with Gasteiger partial charge in [0.05, 0.1) is 11.1 Å². The lowest BCUT2D eigenvalue weighted by Gasteiger charge is -2.02. The lowest BCUT2D eigenvalue weighted by molar-refractivity contribution is 0.0685. The van der Waals surface area contributed by atoms with Crippen LogP contribution in [0.4, 0.5) is 0 Å². The first-order valence-corrected chi connectivity index (χ1v) is 8.95. The number of aromatic carboxylic acids is 2. The van der Waals surface area contributed by atoms with Crippen LogP contribution in [0, 0.1) is 0 Å². The van der Waals surface area contributed by atoms with Gasteiger partial charge in [-0.3, -0.25) is 0 Å². The summed E-state index contributed by atoms with van der Waals surface area (Å²) in [7, 11) is 0. The van der Waals surface area contributed by atoms with Crippen molar-refractivity contribution in [3.8, 4) is 0 Å². The second kappa shape index (κ2) is 8.65. The first kappa shape index (κ1) is 21.1. The van der Waals surface area contributed by atoms with Gasteiger partial charge in [0.1, 0.15) is 10.3 Å². The smallest absolute Gasteiger partial charge is 0.338 e. The van der Waals surface area contributed by atoms with Gasteiger partial charge in [-0.05, 0) is 61.8 Å². The maximum Gasteiger partial charge on any atom is 0.338 e. The van der Waals surface area contributed by atoms with E-state index in [0.717, 1.165) is 61.0 Å². The summed E-state index contributed by atoms with van der Waals surface area (Å²) in [6.07, 6.45) is 5.74. The highest BCUT2D eigenvalue weighted by atomic mass is 35.5. The first-order chi connectivity index (χ1) is 12.4. The maximum absolute atomic E-state index is 10.7. The summed E-state index contributed by atoms with van der Waals surface area (Å²) in [5.74, 6) is -2.01. The fourth-order valence-electron chi connectivity index (χ4n) is 3.19. The quantitative estimate of drug-likeness (QED) is 0.728. The number of hydrogen-bond donors (Lipinski definition) is 2. The van der Waals surface area contributed by atoms with Crippen LogP contribution in [-0.4, -0.2) is 37.6 Å². The van der Waals surface area contributed by atoms with Crippen molar-refractivity contribution in [2.45, 2.75) is 38.5 Å². The van der Waals surface area contributed by atoms with Crippen LogP contribution in [0.1, 0.15) is 56.1 Å². The first-order valence-electron chi connectivity index (χ1n) is 8.20. The highest BCUT2D eigenvalue weighted by Crippen LogP contribution is 2.26. The third kappa shape index (κ3) is 4.55. The molecule has 0 radical (unpaired) electrons. The molecule has 4 rings (SSSR count). The number of fused-ring (bicyclic) bond motifs is 2.